The summed E-state index contributed by atoms with van der Waals surface area (Å²) in [4.78, 5) is 40.0. The van der Waals surface area contributed by atoms with E-state index in [1.165, 1.54) is 41.3 Å². The number of nitrogens with zero attached hydrogens (tertiary/aromatic N) is 1. The molecule has 9 heteroatoms. The number of carbonyl (C=O) groups is 3. The molecule has 0 unspecified atom stereocenters. The summed E-state index contributed by atoms with van der Waals surface area (Å²) in [6, 6.07) is 9.94. The van der Waals surface area contributed by atoms with Gasteiger partial charge in [0, 0.05) is 5.56 Å². The van der Waals surface area contributed by atoms with Crippen molar-refractivity contribution in [1.29, 1.82) is 0 Å². The van der Waals surface area contributed by atoms with Gasteiger partial charge in [0.25, 0.3) is 17.7 Å². The summed E-state index contributed by atoms with van der Waals surface area (Å²) in [7, 11) is 0. The second-order valence-electron chi connectivity index (χ2n) is 7.03. The van der Waals surface area contributed by atoms with Gasteiger partial charge in [-0.3, -0.25) is 14.4 Å². The van der Waals surface area contributed by atoms with Gasteiger partial charge in [0.2, 0.25) is 0 Å². The lowest BCUT2D eigenvalue weighted by molar-refractivity contribution is -0.906. The van der Waals surface area contributed by atoms with Crippen molar-refractivity contribution in [3.8, 4) is 0 Å². The Kier molecular flexibility index (Phi) is 6.81. The Labute approximate surface area is 179 Å². The number of ether oxygens (including phenoxy) is 1. The average Bonchev–Trinajstić information content (AvgIpc) is 2.99. The Hall–Kier alpha value is -2.81. The molecule has 30 heavy (non-hydrogen) atoms. The third-order valence-corrected chi connectivity index (χ3v) is 5.21. The van der Waals surface area contributed by atoms with E-state index < -0.39 is 17.6 Å². The molecule has 1 fully saturated rings. The molecule has 0 spiro atoms. The highest BCUT2D eigenvalue weighted by atomic mass is 35.5. The Balaban J connectivity index is 0.00000256. The van der Waals surface area contributed by atoms with Gasteiger partial charge in [0.15, 0.2) is 0 Å². The molecule has 0 saturated carbocycles. The van der Waals surface area contributed by atoms with Crippen molar-refractivity contribution in [2.75, 3.05) is 44.3 Å². The maximum absolute atomic E-state index is 14.1. The maximum Gasteiger partial charge on any atom is 0.266 e. The quantitative estimate of drug-likeness (QED) is 0.502. The molecular formula is C21H21ClFN3O4. The molecule has 7 nitrogen and oxygen atoms in total. The van der Waals surface area contributed by atoms with E-state index in [2.05, 4.69) is 5.32 Å². The molecular weight excluding hydrogens is 413 g/mol. The lowest BCUT2D eigenvalue weighted by atomic mass is 10.1. The van der Waals surface area contributed by atoms with Crippen molar-refractivity contribution >= 4 is 23.4 Å². The molecule has 3 amide bonds. The Morgan fingerprint density at radius 2 is 1.77 bits per heavy atom. The SMILES string of the molecule is O=C(NCC[NH+]1CCOCC1)c1ccc2c(c1)C(=O)N(c1ccccc1F)C2=O.[Cl-]. The minimum Gasteiger partial charge on any atom is -1.00 e. The van der Waals surface area contributed by atoms with Crippen LogP contribution in [0.15, 0.2) is 42.5 Å². The predicted molar refractivity (Wildman–Crippen MR) is 103 cm³/mol. The Morgan fingerprint density at radius 1 is 1.07 bits per heavy atom. The summed E-state index contributed by atoms with van der Waals surface area (Å²) in [5, 5.41) is 2.85. The monoisotopic (exact) mass is 433 g/mol. The van der Waals surface area contributed by atoms with Crippen molar-refractivity contribution < 1.29 is 40.8 Å². The lowest BCUT2D eigenvalue weighted by Gasteiger charge is -2.23. The number of fused-ring (bicyclic) bond motifs is 1. The fourth-order valence-corrected chi connectivity index (χ4v) is 3.60. The first kappa shape index (κ1) is 21.9. The van der Waals surface area contributed by atoms with Gasteiger partial charge in [-0.25, -0.2) is 9.29 Å². The zero-order valence-electron chi connectivity index (χ0n) is 16.1. The molecule has 0 atom stereocenters. The van der Waals surface area contributed by atoms with Crippen LogP contribution in [0.2, 0.25) is 0 Å². The van der Waals surface area contributed by atoms with Crippen LogP contribution in [0.5, 0.6) is 0 Å². The number of hydrogen-bond acceptors (Lipinski definition) is 4. The molecule has 1 saturated heterocycles. The topological polar surface area (TPSA) is 80.2 Å². The lowest BCUT2D eigenvalue weighted by Crippen LogP contribution is -3.14. The van der Waals surface area contributed by atoms with Crippen LogP contribution in [0.3, 0.4) is 0 Å². The van der Waals surface area contributed by atoms with Crippen LogP contribution >= 0.6 is 0 Å². The summed E-state index contributed by atoms with van der Waals surface area (Å²) in [6.45, 7) is 4.57. The minimum atomic E-state index is -0.661. The molecule has 0 radical (unpaired) electrons. The number of morpholine rings is 1. The number of amides is 3. The van der Waals surface area contributed by atoms with Gasteiger partial charge in [-0.05, 0) is 30.3 Å². The fourth-order valence-electron chi connectivity index (χ4n) is 3.60. The van der Waals surface area contributed by atoms with Crippen molar-refractivity contribution in [2.45, 2.75) is 0 Å². The number of imide groups is 1. The van der Waals surface area contributed by atoms with Crippen molar-refractivity contribution in [2.24, 2.45) is 0 Å². The number of rotatable bonds is 5. The second kappa shape index (κ2) is 9.34. The third kappa shape index (κ3) is 4.21. The molecule has 4 rings (SSSR count). The van der Waals surface area contributed by atoms with Gasteiger partial charge in [-0.15, -0.1) is 0 Å². The van der Waals surface area contributed by atoms with E-state index in [-0.39, 0.29) is 40.7 Å². The van der Waals surface area contributed by atoms with E-state index in [0.29, 0.717) is 6.54 Å². The zero-order valence-corrected chi connectivity index (χ0v) is 16.9. The van der Waals surface area contributed by atoms with Gasteiger partial charge in [0.05, 0.1) is 43.1 Å². The van der Waals surface area contributed by atoms with Crippen LogP contribution in [0.1, 0.15) is 31.1 Å². The van der Waals surface area contributed by atoms with Gasteiger partial charge in [0.1, 0.15) is 18.9 Å². The largest absolute Gasteiger partial charge is 1.00 e. The van der Waals surface area contributed by atoms with Gasteiger partial charge in [-0.1, -0.05) is 12.1 Å². The normalized spacial score (nSPS) is 16.2. The fraction of sp³-hybridized carbons (Fsp3) is 0.286. The molecule has 2 aromatic carbocycles. The van der Waals surface area contributed by atoms with Crippen LogP contribution in [0, 0.1) is 5.82 Å². The third-order valence-electron chi connectivity index (χ3n) is 5.21. The van der Waals surface area contributed by atoms with Crippen LogP contribution in [0.4, 0.5) is 10.1 Å². The number of halogens is 2. The summed E-state index contributed by atoms with van der Waals surface area (Å²) in [6.07, 6.45) is 0. The highest BCUT2D eigenvalue weighted by Gasteiger charge is 2.38. The minimum absolute atomic E-state index is 0. The first-order chi connectivity index (χ1) is 14.1. The number of quaternary nitrogens is 1. The standard InChI is InChI=1S/C21H20FN3O4.ClH/c22-17-3-1-2-4-18(17)25-20(27)15-6-5-14(13-16(15)21(25)28)19(26)23-7-8-24-9-11-29-12-10-24;/h1-6,13H,7-12H2,(H,23,26);1H. The maximum atomic E-state index is 14.1. The number of hydrogen-bond donors (Lipinski definition) is 2. The van der Waals surface area contributed by atoms with Gasteiger partial charge in [-0.2, -0.15) is 0 Å². The Morgan fingerprint density at radius 3 is 2.50 bits per heavy atom. The number of para-hydroxylation sites is 1. The molecule has 0 bridgehead atoms. The zero-order chi connectivity index (χ0) is 20.4. The van der Waals surface area contributed by atoms with Crippen molar-refractivity contribution in [3.05, 3.63) is 65.0 Å². The molecule has 2 heterocycles. The summed E-state index contributed by atoms with van der Waals surface area (Å²) >= 11 is 0. The highest BCUT2D eigenvalue weighted by molar-refractivity contribution is 6.34. The van der Waals surface area contributed by atoms with Crippen molar-refractivity contribution in [1.82, 2.24) is 5.32 Å². The van der Waals surface area contributed by atoms with Crippen LogP contribution < -0.4 is 27.5 Å². The molecule has 0 aliphatic carbocycles. The van der Waals surface area contributed by atoms with E-state index in [4.69, 9.17) is 4.74 Å². The molecule has 2 aliphatic rings. The van der Waals surface area contributed by atoms with Gasteiger partial charge < -0.3 is 27.4 Å². The Bertz CT molecular complexity index is 978. The average molecular weight is 434 g/mol. The molecule has 2 N–H and O–H groups in total. The predicted octanol–water partition coefficient (Wildman–Crippen LogP) is -2.72. The molecule has 2 aliphatic heterocycles. The van der Waals surface area contributed by atoms with Gasteiger partial charge >= 0.3 is 0 Å². The number of nitrogens with one attached hydrogen (secondary N) is 2. The summed E-state index contributed by atoms with van der Waals surface area (Å²) in [5.41, 5.74) is 0.452. The summed E-state index contributed by atoms with van der Waals surface area (Å²) in [5.74, 6) is -2.21. The van der Waals surface area contributed by atoms with E-state index in [9.17, 15) is 18.8 Å². The number of anilines is 1. The van der Waals surface area contributed by atoms with E-state index in [1.807, 2.05) is 0 Å². The second-order valence-corrected chi connectivity index (χ2v) is 7.03. The first-order valence-corrected chi connectivity index (χ1v) is 9.53. The highest BCUT2D eigenvalue weighted by Crippen LogP contribution is 2.30. The van der Waals surface area contributed by atoms with E-state index >= 15 is 0 Å². The number of benzene rings is 2. The molecule has 0 aromatic heterocycles. The van der Waals surface area contributed by atoms with Crippen LogP contribution in [-0.2, 0) is 4.74 Å². The number of carbonyl (C=O) groups excluding carboxylic acids is 3. The van der Waals surface area contributed by atoms with E-state index in [1.54, 1.807) is 6.07 Å². The summed E-state index contributed by atoms with van der Waals surface area (Å²) < 4.78 is 19.4. The molecule has 2 aromatic rings. The van der Waals surface area contributed by atoms with Crippen LogP contribution in [-0.4, -0.2) is 57.1 Å². The van der Waals surface area contributed by atoms with E-state index in [0.717, 1.165) is 37.7 Å². The first-order valence-electron chi connectivity index (χ1n) is 9.53. The van der Waals surface area contributed by atoms with Crippen LogP contribution in [0.25, 0.3) is 0 Å². The van der Waals surface area contributed by atoms with Crippen molar-refractivity contribution in [3.63, 3.8) is 0 Å². The smallest absolute Gasteiger partial charge is 0.266 e. The molecule has 158 valence electrons.